The van der Waals surface area contributed by atoms with Crippen LogP contribution in [0.5, 0.6) is 0 Å². The lowest BCUT2D eigenvalue weighted by Gasteiger charge is -2.14. The molecule has 0 amide bonds. The summed E-state index contributed by atoms with van der Waals surface area (Å²) < 4.78 is 4.81. The van der Waals surface area contributed by atoms with E-state index >= 15 is 0 Å². The summed E-state index contributed by atoms with van der Waals surface area (Å²) in [6.07, 6.45) is 0.212. The average molecular weight is 211 g/mol. The van der Waals surface area contributed by atoms with Gasteiger partial charge < -0.3 is 9.84 Å². The van der Waals surface area contributed by atoms with E-state index in [0.29, 0.717) is 12.8 Å². The fourth-order valence-corrected chi connectivity index (χ4v) is 0.988. The Balaban J connectivity index is 4.28. The van der Waals surface area contributed by atoms with Crippen LogP contribution in [0.2, 0.25) is 0 Å². The van der Waals surface area contributed by atoms with Crippen molar-refractivity contribution in [2.24, 2.45) is 0 Å². The minimum Gasteiger partial charge on any atom is -0.481 e. The lowest BCUT2D eigenvalue weighted by Crippen LogP contribution is -2.22. The number of ether oxygens (including phenoxy) is 1. The molecule has 1 atom stereocenters. The first-order valence-corrected chi connectivity index (χ1v) is 4.53. The average Bonchev–Trinajstić information content (AvgIpc) is 2.15. The maximum Gasteiger partial charge on any atom is 0.348 e. The zero-order valence-corrected chi connectivity index (χ0v) is 8.52. The van der Waals surface area contributed by atoms with Crippen molar-refractivity contribution < 1.29 is 19.4 Å². The van der Waals surface area contributed by atoms with Crippen molar-refractivity contribution in [1.29, 1.82) is 5.26 Å². The molecule has 0 saturated heterocycles. The van der Waals surface area contributed by atoms with Crippen molar-refractivity contribution in [3.63, 3.8) is 0 Å². The Labute approximate surface area is 88.0 Å². The van der Waals surface area contributed by atoms with Gasteiger partial charge in [0.1, 0.15) is 17.7 Å². The number of nitriles is 1. The Morgan fingerprint density at radius 3 is 2.60 bits per heavy atom. The van der Waals surface area contributed by atoms with Gasteiger partial charge in [-0.2, -0.15) is 5.26 Å². The van der Waals surface area contributed by atoms with Crippen LogP contribution in [-0.2, 0) is 14.3 Å². The highest BCUT2D eigenvalue weighted by atomic mass is 16.5. The van der Waals surface area contributed by atoms with Crippen molar-refractivity contribution in [3.05, 3.63) is 12.2 Å². The zero-order valence-electron chi connectivity index (χ0n) is 8.52. The number of hydrogen-bond donors (Lipinski definition) is 1. The largest absolute Gasteiger partial charge is 0.481 e. The van der Waals surface area contributed by atoms with E-state index in [-0.39, 0.29) is 12.0 Å². The zero-order chi connectivity index (χ0) is 11.8. The molecule has 0 radical (unpaired) electrons. The molecule has 0 aromatic rings. The highest BCUT2D eigenvalue weighted by molar-refractivity contribution is 5.92. The van der Waals surface area contributed by atoms with Crippen LogP contribution in [-0.4, -0.2) is 23.1 Å². The van der Waals surface area contributed by atoms with Gasteiger partial charge in [-0.25, -0.2) is 4.79 Å². The van der Waals surface area contributed by atoms with E-state index in [4.69, 9.17) is 15.1 Å². The summed E-state index contributed by atoms with van der Waals surface area (Å²) in [4.78, 5) is 21.5. The summed E-state index contributed by atoms with van der Waals surface area (Å²) in [6.45, 7) is 5.03. The summed E-state index contributed by atoms with van der Waals surface area (Å²) >= 11 is 0. The Bertz CT molecular complexity index is 303. The Hall–Kier alpha value is -1.83. The summed E-state index contributed by atoms with van der Waals surface area (Å²) in [6, 6.07) is 1.55. The molecule has 0 bridgehead atoms. The lowest BCUT2D eigenvalue weighted by atomic mass is 10.1. The smallest absolute Gasteiger partial charge is 0.348 e. The van der Waals surface area contributed by atoms with Gasteiger partial charge in [-0.05, 0) is 6.42 Å². The van der Waals surface area contributed by atoms with E-state index in [0.717, 1.165) is 0 Å². The first-order valence-electron chi connectivity index (χ1n) is 4.53. The molecule has 15 heavy (non-hydrogen) atoms. The molecule has 0 fully saturated rings. The summed E-state index contributed by atoms with van der Waals surface area (Å²) in [7, 11) is 0. The second-order valence-corrected chi connectivity index (χ2v) is 3.00. The minimum absolute atomic E-state index is 0.252. The topological polar surface area (TPSA) is 87.4 Å². The second-order valence-electron chi connectivity index (χ2n) is 3.00. The number of nitrogens with zero attached hydrogens (tertiary/aromatic N) is 1. The molecule has 0 rings (SSSR count). The van der Waals surface area contributed by atoms with Crippen LogP contribution >= 0.6 is 0 Å². The molecule has 82 valence electrons. The number of carboxylic acids is 1. The SMILES string of the molecule is C=C(C#N)C(=O)OC(CCC)CC(=O)O. The Morgan fingerprint density at radius 2 is 2.20 bits per heavy atom. The number of carboxylic acid groups (broad SMARTS) is 1. The van der Waals surface area contributed by atoms with Crippen LogP contribution in [0.1, 0.15) is 26.2 Å². The van der Waals surface area contributed by atoms with E-state index in [1.165, 1.54) is 0 Å². The van der Waals surface area contributed by atoms with Gasteiger partial charge in [0.25, 0.3) is 0 Å². The lowest BCUT2D eigenvalue weighted by molar-refractivity contribution is -0.149. The molecule has 5 heteroatoms. The number of carbonyl (C=O) groups is 2. The van der Waals surface area contributed by atoms with E-state index in [1.807, 2.05) is 6.92 Å². The highest BCUT2D eigenvalue weighted by Crippen LogP contribution is 2.09. The molecule has 0 heterocycles. The van der Waals surface area contributed by atoms with E-state index in [1.54, 1.807) is 6.07 Å². The van der Waals surface area contributed by atoms with Gasteiger partial charge in [0.05, 0.1) is 6.42 Å². The molecule has 0 aliphatic rings. The van der Waals surface area contributed by atoms with Gasteiger partial charge in [-0.15, -0.1) is 0 Å². The third kappa shape index (κ3) is 5.47. The summed E-state index contributed by atoms with van der Waals surface area (Å²) in [5, 5.41) is 16.9. The molecule has 5 nitrogen and oxygen atoms in total. The van der Waals surface area contributed by atoms with Crippen LogP contribution in [0.3, 0.4) is 0 Å². The van der Waals surface area contributed by atoms with E-state index in [9.17, 15) is 9.59 Å². The fourth-order valence-electron chi connectivity index (χ4n) is 0.988. The molecule has 0 aromatic carbocycles. The Morgan fingerprint density at radius 1 is 1.60 bits per heavy atom. The first-order chi connectivity index (χ1) is 7.01. The molecular formula is C10H13NO4. The van der Waals surface area contributed by atoms with Crippen molar-refractivity contribution >= 4 is 11.9 Å². The normalized spacial score (nSPS) is 11.2. The molecule has 1 unspecified atom stereocenters. The van der Waals surface area contributed by atoms with Gasteiger partial charge in [-0.1, -0.05) is 19.9 Å². The molecule has 0 aliphatic heterocycles. The quantitative estimate of drug-likeness (QED) is 0.406. The second kappa shape index (κ2) is 6.60. The fraction of sp³-hybridized carbons (Fsp3) is 0.500. The van der Waals surface area contributed by atoms with Crippen LogP contribution in [0.15, 0.2) is 12.2 Å². The summed E-state index contributed by atoms with van der Waals surface area (Å²) in [5.74, 6) is -1.89. The van der Waals surface area contributed by atoms with Gasteiger partial charge in [-0.3, -0.25) is 4.79 Å². The maximum absolute atomic E-state index is 11.1. The van der Waals surface area contributed by atoms with Crippen LogP contribution < -0.4 is 0 Å². The third-order valence-electron chi connectivity index (χ3n) is 1.67. The highest BCUT2D eigenvalue weighted by Gasteiger charge is 2.18. The van der Waals surface area contributed by atoms with Gasteiger partial charge in [0.15, 0.2) is 0 Å². The monoisotopic (exact) mass is 211 g/mol. The molecular weight excluding hydrogens is 198 g/mol. The van der Waals surface area contributed by atoms with Gasteiger partial charge >= 0.3 is 11.9 Å². The first kappa shape index (κ1) is 13.2. The third-order valence-corrected chi connectivity index (χ3v) is 1.67. The Kier molecular flexibility index (Phi) is 5.79. The van der Waals surface area contributed by atoms with Crippen LogP contribution in [0, 0.1) is 11.3 Å². The standard InChI is InChI=1S/C10H13NO4/c1-3-4-8(5-9(12)13)15-10(14)7(2)6-11/h8H,2-5H2,1H3,(H,12,13). The number of aliphatic carboxylic acids is 1. The van der Waals surface area contributed by atoms with E-state index in [2.05, 4.69) is 6.58 Å². The molecule has 1 N–H and O–H groups in total. The number of rotatable bonds is 6. The molecule has 0 saturated carbocycles. The van der Waals surface area contributed by atoms with Gasteiger partial charge in [0, 0.05) is 0 Å². The predicted octanol–water partition coefficient (Wildman–Crippen LogP) is 1.25. The van der Waals surface area contributed by atoms with Crippen molar-refractivity contribution in [2.75, 3.05) is 0 Å². The molecule has 0 spiro atoms. The van der Waals surface area contributed by atoms with E-state index < -0.39 is 18.0 Å². The molecule has 0 aromatic heterocycles. The predicted molar refractivity (Wildman–Crippen MR) is 51.8 cm³/mol. The summed E-state index contributed by atoms with van der Waals surface area (Å²) in [5.41, 5.74) is -0.318. The maximum atomic E-state index is 11.1. The number of carbonyl (C=O) groups excluding carboxylic acids is 1. The van der Waals surface area contributed by atoms with Gasteiger partial charge in [0.2, 0.25) is 0 Å². The van der Waals surface area contributed by atoms with Crippen molar-refractivity contribution in [3.8, 4) is 6.07 Å². The van der Waals surface area contributed by atoms with Crippen LogP contribution in [0.4, 0.5) is 0 Å². The van der Waals surface area contributed by atoms with Crippen LogP contribution in [0.25, 0.3) is 0 Å². The molecule has 0 aliphatic carbocycles. The van der Waals surface area contributed by atoms with Crippen molar-refractivity contribution in [1.82, 2.24) is 0 Å². The number of hydrogen-bond acceptors (Lipinski definition) is 4. The minimum atomic E-state index is -1.04. The number of esters is 1. The van der Waals surface area contributed by atoms with Crippen molar-refractivity contribution in [2.45, 2.75) is 32.3 Å².